The predicted octanol–water partition coefficient (Wildman–Crippen LogP) is 2.32. The molecular formula is C18H20N2O5S. The lowest BCUT2D eigenvalue weighted by Crippen LogP contribution is -2.37. The SMILES string of the molecule is COc1cccc(NC(=O)CN(C)C(=O)COC(=O)c2sccc2C)c1. The fourth-order valence-electron chi connectivity index (χ4n) is 2.09. The maximum absolute atomic E-state index is 12.0. The number of esters is 1. The molecule has 1 aromatic heterocycles. The molecule has 0 atom stereocenters. The van der Waals surface area contributed by atoms with Gasteiger partial charge in [-0.05, 0) is 36.1 Å². The fraction of sp³-hybridized carbons (Fsp3) is 0.278. The summed E-state index contributed by atoms with van der Waals surface area (Å²) in [7, 11) is 3.00. The average molecular weight is 376 g/mol. The second kappa shape index (κ2) is 9.00. The molecule has 0 fully saturated rings. The van der Waals surface area contributed by atoms with Gasteiger partial charge in [-0.25, -0.2) is 4.79 Å². The summed E-state index contributed by atoms with van der Waals surface area (Å²) in [6.45, 7) is 1.22. The fourth-order valence-corrected chi connectivity index (χ4v) is 2.91. The van der Waals surface area contributed by atoms with E-state index in [1.54, 1.807) is 42.6 Å². The van der Waals surface area contributed by atoms with Gasteiger partial charge in [-0.2, -0.15) is 0 Å². The van der Waals surface area contributed by atoms with Crippen molar-refractivity contribution in [3.63, 3.8) is 0 Å². The van der Waals surface area contributed by atoms with E-state index in [0.29, 0.717) is 16.3 Å². The van der Waals surface area contributed by atoms with Gasteiger partial charge in [0.05, 0.1) is 13.7 Å². The summed E-state index contributed by atoms with van der Waals surface area (Å²) in [6, 6.07) is 8.70. The van der Waals surface area contributed by atoms with Crippen LogP contribution in [0, 0.1) is 6.92 Å². The van der Waals surface area contributed by atoms with Gasteiger partial charge in [0, 0.05) is 18.8 Å². The lowest BCUT2D eigenvalue weighted by molar-refractivity contribution is -0.136. The monoisotopic (exact) mass is 376 g/mol. The van der Waals surface area contributed by atoms with Crippen molar-refractivity contribution in [3.05, 3.63) is 46.2 Å². The van der Waals surface area contributed by atoms with E-state index in [1.165, 1.54) is 30.4 Å². The Morgan fingerprint density at radius 1 is 1.23 bits per heavy atom. The van der Waals surface area contributed by atoms with Crippen molar-refractivity contribution in [2.24, 2.45) is 0 Å². The highest BCUT2D eigenvalue weighted by atomic mass is 32.1. The molecule has 0 radical (unpaired) electrons. The number of hydrogen-bond acceptors (Lipinski definition) is 6. The summed E-state index contributed by atoms with van der Waals surface area (Å²) in [4.78, 5) is 37.7. The first-order valence-electron chi connectivity index (χ1n) is 7.79. The minimum absolute atomic E-state index is 0.161. The number of benzene rings is 1. The molecule has 1 heterocycles. The first kappa shape index (κ1) is 19.5. The van der Waals surface area contributed by atoms with Crippen LogP contribution in [0.15, 0.2) is 35.7 Å². The van der Waals surface area contributed by atoms with Crippen LogP contribution in [-0.2, 0) is 14.3 Å². The second-order valence-electron chi connectivity index (χ2n) is 5.54. The van der Waals surface area contributed by atoms with Gasteiger partial charge in [0.15, 0.2) is 6.61 Å². The standard InChI is InChI=1S/C18H20N2O5S/c1-12-7-8-26-17(12)18(23)25-11-16(22)20(2)10-15(21)19-13-5-4-6-14(9-13)24-3/h4-9H,10-11H2,1-3H3,(H,19,21). The molecule has 26 heavy (non-hydrogen) atoms. The van der Waals surface area contributed by atoms with Gasteiger partial charge in [-0.1, -0.05) is 6.07 Å². The van der Waals surface area contributed by atoms with Crippen LogP contribution in [0.2, 0.25) is 0 Å². The number of carbonyl (C=O) groups is 3. The van der Waals surface area contributed by atoms with Gasteiger partial charge in [0.2, 0.25) is 5.91 Å². The molecule has 8 heteroatoms. The van der Waals surface area contributed by atoms with E-state index in [1.807, 2.05) is 0 Å². The topological polar surface area (TPSA) is 84.9 Å². The number of likely N-dealkylation sites (N-methyl/N-ethyl adjacent to an activating group) is 1. The molecule has 1 aromatic carbocycles. The van der Waals surface area contributed by atoms with Crippen LogP contribution < -0.4 is 10.1 Å². The second-order valence-corrected chi connectivity index (χ2v) is 6.45. The number of methoxy groups -OCH3 is 1. The number of nitrogens with one attached hydrogen (secondary N) is 1. The van der Waals surface area contributed by atoms with Crippen LogP contribution >= 0.6 is 11.3 Å². The molecule has 0 saturated heterocycles. The van der Waals surface area contributed by atoms with Gasteiger partial charge in [-0.15, -0.1) is 11.3 Å². The Morgan fingerprint density at radius 2 is 2.00 bits per heavy atom. The van der Waals surface area contributed by atoms with Crippen LogP contribution in [-0.4, -0.2) is 50.0 Å². The van der Waals surface area contributed by atoms with Crippen LogP contribution in [0.3, 0.4) is 0 Å². The normalized spacial score (nSPS) is 10.1. The third kappa shape index (κ3) is 5.32. The summed E-state index contributed by atoms with van der Waals surface area (Å²) >= 11 is 1.26. The van der Waals surface area contributed by atoms with E-state index in [0.717, 1.165) is 5.56 Å². The van der Waals surface area contributed by atoms with Crippen LogP contribution in [0.25, 0.3) is 0 Å². The zero-order valence-electron chi connectivity index (χ0n) is 14.8. The number of amides is 2. The Kier molecular flexibility index (Phi) is 6.74. The molecule has 138 valence electrons. The molecule has 7 nitrogen and oxygen atoms in total. The first-order chi connectivity index (χ1) is 12.4. The number of rotatable bonds is 7. The maximum Gasteiger partial charge on any atom is 0.349 e. The Labute approximate surface area is 155 Å². The van der Waals surface area contributed by atoms with Gasteiger partial charge >= 0.3 is 5.97 Å². The molecule has 0 spiro atoms. The summed E-state index contributed by atoms with van der Waals surface area (Å²) in [6.07, 6.45) is 0. The Morgan fingerprint density at radius 3 is 2.65 bits per heavy atom. The third-order valence-corrected chi connectivity index (χ3v) is 4.53. The van der Waals surface area contributed by atoms with E-state index < -0.39 is 18.5 Å². The molecule has 2 aromatic rings. The predicted molar refractivity (Wildman–Crippen MR) is 98.6 cm³/mol. The van der Waals surface area contributed by atoms with E-state index in [4.69, 9.17) is 9.47 Å². The molecule has 0 unspecified atom stereocenters. The number of thiophene rings is 1. The minimum atomic E-state index is -0.542. The van der Waals surface area contributed by atoms with E-state index in [2.05, 4.69) is 5.32 Å². The third-order valence-electron chi connectivity index (χ3n) is 3.53. The number of anilines is 1. The van der Waals surface area contributed by atoms with Crippen molar-refractivity contribution in [2.75, 3.05) is 32.6 Å². The van der Waals surface area contributed by atoms with E-state index in [9.17, 15) is 14.4 Å². The Bertz CT molecular complexity index is 802. The van der Waals surface area contributed by atoms with Crippen LogP contribution in [0.4, 0.5) is 5.69 Å². The number of ether oxygens (including phenoxy) is 2. The van der Waals surface area contributed by atoms with Gasteiger partial charge in [0.1, 0.15) is 10.6 Å². The lowest BCUT2D eigenvalue weighted by atomic mass is 10.3. The maximum atomic E-state index is 12.0. The van der Waals surface area contributed by atoms with Crippen LogP contribution in [0.5, 0.6) is 5.75 Å². The van der Waals surface area contributed by atoms with Crippen molar-refractivity contribution >= 4 is 34.8 Å². The number of aryl methyl sites for hydroxylation is 1. The van der Waals surface area contributed by atoms with Crippen molar-refractivity contribution in [3.8, 4) is 5.75 Å². The highest BCUT2D eigenvalue weighted by Gasteiger charge is 2.17. The first-order valence-corrected chi connectivity index (χ1v) is 8.67. The Hall–Kier alpha value is -2.87. The zero-order chi connectivity index (χ0) is 19.1. The summed E-state index contributed by atoms with van der Waals surface area (Å²) in [5, 5.41) is 4.46. The molecule has 0 aliphatic carbocycles. The quantitative estimate of drug-likeness (QED) is 0.750. The van der Waals surface area contributed by atoms with E-state index >= 15 is 0 Å². The van der Waals surface area contributed by atoms with Gasteiger partial charge in [-0.3, -0.25) is 9.59 Å². The summed E-state index contributed by atoms with van der Waals surface area (Å²) in [5.41, 5.74) is 1.37. The van der Waals surface area contributed by atoms with Crippen molar-refractivity contribution in [1.29, 1.82) is 0 Å². The summed E-state index contributed by atoms with van der Waals surface area (Å²) < 4.78 is 10.1. The highest BCUT2D eigenvalue weighted by molar-refractivity contribution is 7.12. The molecule has 1 N–H and O–H groups in total. The summed E-state index contributed by atoms with van der Waals surface area (Å²) in [5.74, 6) is -0.758. The molecular weight excluding hydrogens is 356 g/mol. The number of nitrogens with zero attached hydrogens (tertiary/aromatic N) is 1. The number of hydrogen-bond donors (Lipinski definition) is 1. The minimum Gasteiger partial charge on any atom is -0.497 e. The highest BCUT2D eigenvalue weighted by Crippen LogP contribution is 2.17. The van der Waals surface area contributed by atoms with Gasteiger partial charge in [0.25, 0.3) is 5.91 Å². The molecule has 0 aliphatic heterocycles. The molecule has 0 aliphatic rings. The van der Waals surface area contributed by atoms with Crippen LogP contribution in [0.1, 0.15) is 15.2 Å². The molecule has 2 rings (SSSR count). The van der Waals surface area contributed by atoms with E-state index in [-0.39, 0.29) is 12.5 Å². The van der Waals surface area contributed by atoms with Crippen molar-refractivity contribution in [2.45, 2.75) is 6.92 Å². The Balaban J connectivity index is 1.81. The van der Waals surface area contributed by atoms with Gasteiger partial charge < -0.3 is 19.7 Å². The average Bonchev–Trinajstić information content (AvgIpc) is 3.05. The molecule has 0 bridgehead atoms. The molecule has 2 amide bonds. The van der Waals surface area contributed by atoms with Crippen molar-refractivity contribution < 1.29 is 23.9 Å². The smallest absolute Gasteiger partial charge is 0.349 e. The largest absolute Gasteiger partial charge is 0.497 e. The van der Waals surface area contributed by atoms with Crippen molar-refractivity contribution in [1.82, 2.24) is 4.90 Å². The molecule has 0 saturated carbocycles. The lowest BCUT2D eigenvalue weighted by Gasteiger charge is -2.17. The zero-order valence-corrected chi connectivity index (χ0v) is 15.6. The number of carbonyl (C=O) groups excluding carboxylic acids is 3.